The van der Waals surface area contributed by atoms with Gasteiger partial charge in [0.05, 0.1) is 6.20 Å². The summed E-state index contributed by atoms with van der Waals surface area (Å²) in [6.45, 7) is 2.69. The Balaban J connectivity index is 1.51. The average Bonchev–Trinajstić information content (AvgIpc) is 3.48. The zero-order valence-electron chi connectivity index (χ0n) is 17.6. The summed E-state index contributed by atoms with van der Waals surface area (Å²) in [6, 6.07) is 8.21. The molecule has 3 aromatic rings. The van der Waals surface area contributed by atoms with Crippen LogP contribution in [0.4, 0.5) is 13.2 Å². The first-order chi connectivity index (χ1) is 15.1. The fraction of sp³-hybridized carbons (Fsp3) is 0.364. The number of alkyl halides is 3. The summed E-state index contributed by atoms with van der Waals surface area (Å²) in [5, 5.41) is 6.14. The third-order valence-corrected chi connectivity index (χ3v) is 5.28. The molecular weight excluding hydrogens is 423 g/mol. The molecule has 1 N–H and O–H groups in total. The summed E-state index contributed by atoms with van der Waals surface area (Å²) in [4.78, 5) is 31.5. The van der Waals surface area contributed by atoms with Gasteiger partial charge in [-0.15, -0.1) is 0 Å². The summed E-state index contributed by atoms with van der Waals surface area (Å²) >= 11 is 0. The fourth-order valence-corrected chi connectivity index (χ4v) is 3.57. The van der Waals surface area contributed by atoms with Crippen LogP contribution in [0.5, 0.6) is 0 Å². The molecule has 168 valence electrons. The Morgan fingerprint density at radius 3 is 2.50 bits per heavy atom. The lowest BCUT2D eigenvalue weighted by Gasteiger charge is -2.22. The van der Waals surface area contributed by atoms with E-state index in [1.54, 1.807) is 21.5 Å². The van der Waals surface area contributed by atoms with E-state index in [0.29, 0.717) is 17.8 Å². The SMILES string of the molecule is Cc1cc(C)n2ncc(C(=O)N(Cc3ccc(C(=O)NCC(F)(F)F)cc3)C3CC3)c2n1. The second kappa shape index (κ2) is 8.25. The predicted octanol–water partition coefficient (Wildman–Crippen LogP) is 3.44. The molecule has 7 nitrogen and oxygen atoms in total. The highest BCUT2D eigenvalue weighted by atomic mass is 19.4. The van der Waals surface area contributed by atoms with Gasteiger partial charge in [0.15, 0.2) is 5.65 Å². The number of benzene rings is 1. The Labute approximate surface area is 182 Å². The number of nitrogens with zero attached hydrogens (tertiary/aromatic N) is 4. The molecule has 1 aromatic carbocycles. The van der Waals surface area contributed by atoms with Crippen molar-refractivity contribution in [3.8, 4) is 0 Å². The van der Waals surface area contributed by atoms with Gasteiger partial charge in [-0.1, -0.05) is 12.1 Å². The number of nitrogens with one attached hydrogen (secondary N) is 1. The minimum absolute atomic E-state index is 0.109. The van der Waals surface area contributed by atoms with Crippen LogP contribution in [0.25, 0.3) is 5.65 Å². The van der Waals surface area contributed by atoms with Gasteiger partial charge in [-0.25, -0.2) is 9.50 Å². The number of hydrogen-bond donors (Lipinski definition) is 1. The van der Waals surface area contributed by atoms with E-state index in [4.69, 9.17) is 0 Å². The number of amides is 2. The molecule has 2 heterocycles. The number of fused-ring (bicyclic) bond motifs is 1. The molecule has 0 saturated heterocycles. The molecule has 2 aromatic heterocycles. The summed E-state index contributed by atoms with van der Waals surface area (Å²) < 4.78 is 38.5. The lowest BCUT2D eigenvalue weighted by atomic mass is 10.1. The highest BCUT2D eigenvalue weighted by molar-refractivity contribution is 6.00. The molecule has 10 heteroatoms. The Morgan fingerprint density at radius 1 is 1.19 bits per heavy atom. The Bertz CT molecular complexity index is 1170. The quantitative estimate of drug-likeness (QED) is 0.631. The van der Waals surface area contributed by atoms with E-state index in [0.717, 1.165) is 29.8 Å². The molecular formula is C22H22F3N5O2. The van der Waals surface area contributed by atoms with Gasteiger partial charge in [-0.05, 0) is 50.5 Å². The summed E-state index contributed by atoms with van der Waals surface area (Å²) in [5.74, 6) is -0.973. The van der Waals surface area contributed by atoms with Crippen molar-refractivity contribution in [2.24, 2.45) is 0 Å². The van der Waals surface area contributed by atoms with Crippen molar-refractivity contribution in [1.82, 2.24) is 24.8 Å². The zero-order chi connectivity index (χ0) is 23.0. The number of halogens is 3. The number of rotatable bonds is 6. The van der Waals surface area contributed by atoms with E-state index in [1.165, 1.54) is 18.3 Å². The second-order valence-electron chi connectivity index (χ2n) is 7.99. The topological polar surface area (TPSA) is 79.6 Å². The molecule has 0 unspecified atom stereocenters. The van der Waals surface area contributed by atoms with Gasteiger partial charge in [0.1, 0.15) is 12.1 Å². The first kappa shape index (κ1) is 21.8. The van der Waals surface area contributed by atoms with Gasteiger partial charge in [-0.3, -0.25) is 9.59 Å². The molecule has 0 radical (unpaired) electrons. The maximum absolute atomic E-state index is 13.3. The predicted molar refractivity (Wildman–Crippen MR) is 110 cm³/mol. The van der Waals surface area contributed by atoms with Crippen LogP contribution in [-0.4, -0.2) is 50.1 Å². The van der Waals surface area contributed by atoms with Crippen LogP contribution in [-0.2, 0) is 6.54 Å². The molecule has 32 heavy (non-hydrogen) atoms. The Morgan fingerprint density at radius 2 is 1.88 bits per heavy atom. The molecule has 2 amide bonds. The van der Waals surface area contributed by atoms with Crippen LogP contribution in [0, 0.1) is 13.8 Å². The monoisotopic (exact) mass is 445 g/mol. The van der Waals surface area contributed by atoms with Crippen molar-refractivity contribution >= 4 is 17.5 Å². The Kier molecular flexibility index (Phi) is 5.62. The van der Waals surface area contributed by atoms with Crippen molar-refractivity contribution in [2.75, 3.05) is 6.54 Å². The van der Waals surface area contributed by atoms with Gasteiger partial charge in [0.25, 0.3) is 11.8 Å². The molecule has 0 spiro atoms. The molecule has 1 saturated carbocycles. The van der Waals surface area contributed by atoms with E-state index in [1.807, 2.05) is 25.2 Å². The highest BCUT2D eigenvalue weighted by Crippen LogP contribution is 2.30. The van der Waals surface area contributed by atoms with Crippen LogP contribution in [0.15, 0.2) is 36.5 Å². The summed E-state index contributed by atoms with van der Waals surface area (Å²) in [5.41, 5.74) is 3.50. The normalized spacial score (nSPS) is 13.9. The maximum atomic E-state index is 13.3. The van der Waals surface area contributed by atoms with Crippen LogP contribution in [0.2, 0.25) is 0 Å². The molecule has 0 aliphatic heterocycles. The highest BCUT2D eigenvalue weighted by Gasteiger charge is 2.34. The maximum Gasteiger partial charge on any atom is 0.405 e. The molecule has 1 fully saturated rings. The van der Waals surface area contributed by atoms with E-state index in [9.17, 15) is 22.8 Å². The van der Waals surface area contributed by atoms with Crippen LogP contribution >= 0.6 is 0 Å². The summed E-state index contributed by atoms with van der Waals surface area (Å²) in [7, 11) is 0. The largest absolute Gasteiger partial charge is 0.405 e. The number of carbonyl (C=O) groups is 2. The number of carbonyl (C=O) groups excluding carboxylic acids is 2. The molecule has 1 aliphatic carbocycles. The molecule has 0 atom stereocenters. The minimum Gasteiger partial charge on any atom is -0.343 e. The second-order valence-corrected chi connectivity index (χ2v) is 7.99. The lowest BCUT2D eigenvalue weighted by molar-refractivity contribution is -0.123. The van der Waals surface area contributed by atoms with Crippen LogP contribution < -0.4 is 5.32 Å². The van der Waals surface area contributed by atoms with Gasteiger partial charge in [0.2, 0.25) is 0 Å². The average molecular weight is 445 g/mol. The van der Waals surface area contributed by atoms with Crippen molar-refractivity contribution in [1.29, 1.82) is 0 Å². The van der Waals surface area contributed by atoms with E-state index < -0.39 is 18.6 Å². The van der Waals surface area contributed by atoms with E-state index >= 15 is 0 Å². The van der Waals surface area contributed by atoms with Gasteiger partial charge in [0, 0.05) is 29.5 Å². The first-order valence-electron chi connectivity index (χ1n) is 10.2. The zero-order valence-corrected chi connectivity index (χ0v) is 17.6. The van der Waals surface area contributed by atoms with Crippen molar-refractivity contribution in [3.63, 3.8) is 0 Å². The van der Waals surface area contributed by atoms with Gasteiger partial charge in [-0.2, -0.15) is 18.3 Å². The number of aryl methyl sites for hydroxylation is 2. The molecule has 1 aliphatic rings. The van der Waals surface area contributed by atoms with Gasteiger partial charge >= 0.3 is 6.18 Å². The van der Waals surface area contributed by atoms with E-state index in [-0.39, 0.29) is 17.5 Å². The van der Waals surface area contributed by atoms with Crippen molar-refractivity contribution in [3.05, 3.63) is 64.6 Å². The first-order valence-corrected chi connectivity index (χ1v) is 10.2. The Hall–Kier alpha value is -3.43. The third kappa shape index (κ3) is 4.74. The molecule has 0 bridgehead atoms. The fourth-order valence-electron chi connectivity index (χ4n) is 3.57. The number of aromatic nitrogens is 3. The van der Waals surface area contributed by atoms with Crippen molar-refractivity contribution < 1.29 is 22.8 Å². The van der Waals surface area contributed by atoms with Crippen LogP contribution in [0.1, 0.15) is 50.5 Å². The molecule has 4 rings (SSSR count). The summed E-state index contributed by atoms with van der Waals surface area (Å²) in [6.07, 6.45) is -1.14. The standard InChI is InChI=1S/C22H22F3N5O2/c1-13-9-14(2)30-19(28-13)18(10-27-30)21(32)29(17-7-8-17)11-15-3-5-16(6-4-15)20(31)26-12-22(23,24)25/h3-6,9-10,17H,7-8,11-12H2,1-2H3,(H,26,31). The minimum atomic E-state index is -4.47. The van der Waals surface area contributed by atoms with E-state index in [2.05, 4.69) is 10.1 Å². The third-order valence-electron chi connectivity index (χ3n) is 5.28. The van der Waals surface area contributed by atoms with Crippen molar-refractivity contribution in [2.45, 2.75) is 45.5 Å². The lowest BCUT2D eigenvalue weighted by Crippen LogP contribution is -2.34. The van der Waals surface area contributed by atoms with Gasteiger partial charge < -0.3 is 10.2 Å². The van der Waals surface area contributed by atoms with Crippen LogP contribution in [0.3, 0.4) is 0 Å². The smallest absolute Gasteiger partial charge is 0.343 e. The number of hydrogen-bond acceptors (Lipinski definition) is 4.